The third-order valence-electron chi connectivity index (χ3n) is 3.08. The van der Waals surface area contributed by atoms with E-state index in [1.807, 2.05) is 45.0 Å². The molecule has 18 heavy (non-hydrogen) atoms. The zero-order chi connectivity index (χ0) is 13.1. The van der Waals surface area contributed by atoms with Crippen LogP contribution in [0.2, 0.25) is 0 Å². The molecule has 0 aliphatic rings. The zero-order valence-corrected chi connectivity index (χ0v) is 11.0. The molecule has 0 amide bonds. The average molecular weight is 246 g/mol. The topological polar surface area (TPSA) is 39.4 Å². The van der Waals surface area contributed by atoms with Gasteiger partial charge in [-0.2, -0.15) is 0 Å². The quantitative estimate of drug-likeness (QED) is 0.770. The van der Waals surface area contributed by atoms with Crippen molar-refractivity contribution in [1.29, 1.82) is 0 Å². The lowest BCUT2D eigenvalue weighted by molar-refractivity contribution is -0.145. The Morgan fingerprint density at radius 2 is 2.17 bits per heavy atom. The molecule has 0 saturated heterocycles. The van der Waals surface area contributed by atoms with E-state index in [4.69, 9.17) is 9.15 Å². The smallest absolute Gasteiger partial charge is 0.316 e. The van der Waals surface area contributed by atoms with Gasteiger partial charge in [0.25, 0.3) is 0 Å². The highest BCUT2D eigenvalue weighted by Crippen LogP contribution is 2.29. The standard InChI is InChI=1S/C15H18O3/c1-4-12(15(16)17-5-2)13-9-11-8-6-7-10(3)14(11)18-13/h6-9,12H,4-5H2,1-3H3. The van der Waals surface area contributed by atoms with E-state index in [0.29, 0.717) is 18.8 Å². The SMILES string of the molecule is CCOC(=O)C(CC)c1cc2cccc(C)c2o1. The van der Waals surface area contributed by atoms with Crippen molar-refractivity contribution in [2.24, 2.45) is 0 Å². The minimum Gasteiger partial charge on any atom is -0.465 e. The van der Waals surface area contributed by atoms with Crippen LogP contribution in [0.15, 0.2) is 28.7 Å². The lowest BCUT2D eigenvalue weighted by Gasteiger charge is -2.10. The van der Waals surface area contributed by atoms with Gasteiger partial charge >= 0.3 is 5.97 Å². The number of para-hydroxylation sites is 1. The van der Waals surface area contributed by atoms with E-state index in [2.05, 4.69) is 0 Å². The second kappa shape index (κ2) is 5.25. The molecule has 1 unspecified atom stereocenters. The van der Waals surface area contributed by atoms with Crippen LogP contribution in [0.25, 0.3) is 11.0 Å². The molecule has 0 aliphatic heterocycles. The van der Waals surface area contributed by atoms with E-state index in [1.165, 1.54) is 0 Å². The number of hydrogen-bond donors (Lipinski definition) is 0. The molecule has 2 aromatic rings. The first kappa shape index (κ1) is 12.7. The molecule has 3 nitrogen and oxygen atoms in total. The maximum atomic E-state index is 11.9. The highest BCUT2D eigenvalue weighted by molar-refractivity contribution is 5.84. The fourth-order valence-corrected chi connectivity index (χ4v) is 2.13. The van der Waals surface area contributed by atoms with Crippen molar-refractivity contribution >= 4 is 16.9 Å². The van der Waals surface area contributed by atoms with E-state index in [1.54, 1.807) is 0 Å². The highest BCUT2D eigenvalue weighted by Gasteiger charge is 2.24. The van der Waals surface area contributed by atoms with Crippen LogP contribution in [0.4, 0.5) is 0 Å². The molecule has 1 heterocycles. The first-order valence-electron chi connectivity index (χ1n) is 6.33. The van der Waals surface area contributed by atoms with E-state index >= 15 is 0 Å². The average Bonchev–Trinajstić information content (AvgIpc) is 2.75. The summed E-state index contributed by atoms with van der Waals surface area (Å²) in [6.07, 6.45) is 0.678. The van der Waals surface area contributed by atoms with E-state index in [-0.39, 0.29) is 11.9 Å². The van der Waals surface area contributed by atoms with Crippen LogP contribution in [-0.2, 0) is 9.53 Å². The van der Waals surface area contributed by atoms with Crippen LogP contribution in [0, 0.1) is 6.92 Å². The van der Waals surface area contributed by atoms with Crippen molar-refractivity contribution in [1.82, 2.24) is 0 Å². The van der Waals surface area contributed by atoms with E-state index in [0.717, 1.165) is 16.5 Å². The van der Waals surface area contributed by atoms with Crippen molar-refractivity contribution in [2.45, 2.75) is 33.1 Å². The number of rotatable bonds is 4. The van der Waals surface area contributed by atoms with Gasteiger partial charge in [0.2, 0.25) is 0 Å². The van der Waals surface area contributed by atoms with Gasteiger partial charge in [0.05, 0.1) is 6.61 Å². The largest absolute Gasteiger partial charge is 0.465 e. The maximum Gasteiger partial charge on any atom is 0.316 e. The molecule has 0 spiro atoms. The van der Waals surface area contributed by atoms with Gasteiger partial charge in [0.15, 0.2) is 0 Å². The molecular formula is C15H18O3. The van der Waals surface area contributed by atoms with Gasteiger partial charge in [-0.15, -0.1) is 0 Å². The molecule has 3 heteroatoms. The molecule has 0 N–H and O–H groups in total. The highest BCUT2D eigenvalue weighted by atomic mass is 16.5. The fourth-order valence-electron chi connectivity index (χ4n) is 2.13. The Kier molecular flexibility index (Phi) is 3.70. The summed E-state index contributed by atoms with van der Waals surface area (Å²) in [7, 11) is 0. The van der Waals surface area contributed by atoms with Gasteiger partial charge in [0.1, 0.15) is 17.3 Å². The number of fused-ring (bicyclic) bond motifs is 1. The second-order valence-electron chi connectivity index (χ2n) is 4.35. The Morgan fingerprint density at radius 3 is 2.78 bits per heavy atom. The van der Waals surface area contributed by atoms with Crippen LogP contribution >= 0.6 is 0 Å². The molecule has 0 saturated carbocycles. The molecular weight excluding hydrogens is 228 g/mol. The first-order valence-corrected chi connectivity index (χ1v) is 6.33. The molecule has 0 radical (unpaired) electrons. The molecule has 96 valence electrons. The van der Waals surface area contributed by atoms with Crippen molar-refractivity contribution in [2.75, 3.05) is 6.61 Å². The first-order chi connectivity index (χ1) is 8.67. The Hall–Kier alpha value is -1.77. The van der Waals surface area contributed by atoms with Crippen LogP contribution in [0.5, 0.6) is 0 Å². The summed E-state index contributed by atoms with van der Waals surface area (Å²) < 4.78 is 10.9. The number of benzene rings is 1. The van der Waals surface area contributed by atoms with Gasteiger partial charge in [-0.3, -0.25) is 4.79 Å². The molecule has 1 atom stereocenters. The second-order valence-corrected chi connectivity index (χ2v) is 4.35. The Labute approximate surface area is 107 Å². The monoisotopic (exact) mass is 246 g/mol. The van der Waals surface area contributed by atoms with Gasteiger partial charge in [-0.1, -0.05) is 25.1 Å². The molecule has 0 bridgehead atoms. The fraction of sp³-hybridized carbons (Fsp3) is 0.400. The number of hydrogen-bond acceptors (Lipinski definition) is 3. The van der Waals surface area contributed by atoms with E-state index < -0.39 is 0 Å². The van der Waals surface area contributed by atoms with Crippen LogP contribution < -0.4 is 0 Å². The molecule has 0 fully saturated rings. The Morgan fingerprint density at radius 1 is 1.39 bits per heavy atom. The van der Waals surface area contributed by atoms with E-state index in [9.17, 15) is 4.79 Å². The van der Waals surface area contributed by atoms with Gasteiger partial charge in [0, 0.05) is 5.39 Å². The number of carbonyl (C=O) groups is 1. The summed E-state index contributed by atoms with van der Waals surface area (Å²) in [4.78, 5) is 11.9. The summed E-state index contributed by atoms with van der Waals surface area (Å²) in [6, 6.07) is 7.92. The number of carbonyl (C=O) groups excluding carboxylic acids is 1. The summed E-state index contributed by atoms with van der Waals surface area (Å²) in [5.74, 6) is 0.175. The summed E-state index contributed by atoms with van der Waals surface area (Å²) >= 11 is 0. The zero-order valence-electron chi connectivity index (χ0n) is 11.0. The third kappa shape index (κ3) is 2.26. The number of esters is 1. The predicted octanol–water partition coefficient (Wildman–Crippen LogP) is 3.80. The van der Waals surface area contributed by atoms with Crippen molar-refractivity contribution < 1.29 is 13.9 Å². The summed E-state index contributed by atoms with van der Waals surface area (Å²) in [6.45, 7) is 6.17. The minimum absolute atomic E-state index is 0.211. The van der Waals surface area contributed by atoms with Crippen molar-refractivity contribution in [3.8, 4) is 0 Å². The van der Waals surface area contributed by atoms with Crippen molar-refractivity contribution in [3.05, 3.63) is 35.6 Å². The molecule has 0 aliphatic carbocycles. The molecule has 2 rings (SSSR count). The summed E-state index contributed by atoms with van der Waals surface area (Å²) in [5.41, 5.74) is 1.94. The lowest BCUT2D eigenvalue weighted by atomic mass is 10.0. The summed E-state index contributed by atoms with van der Waals surface area (Å²) in [5, 5.41) is 1.03. The lowest BCUT2D eigenvalue weighted by Crippen LogP contribution is -2.14. The minimum atomic E-state index is -0.309. The normalized spacial score (nSPS) is 12.6. The van der Waals surface area contributed by atoms with Crippen LogP contribution in [0.3, 0.4) is 0 Å². The molecule has 1 aromatic carbocycles. The number of aryl methyl sites for hydroxylation is 1. The molecule has 1 aromatic heterocycles. The van der Waals surface area contributed by atoms with Gasteiger partial charge < -0.3 is 9.15 Å². The van der Waals surface area contributed by atoms with Crippen LogP contribution in [0.1, 0.15) is 37.5 Å². The van der Waals surface area contributed by atoms with Crippen molar-refractivity contribution in [3.63, 3.8) is 0 Å². The maximum absolute atomic E-state index is 11.9. The Bertz CT molecular complexity index is 554. The third-order valence-corrected chi connectivity index (χ3v) is 3.08. The number of furan rings is 1. The van der Waals surface area contributed by atoms with Crippen LogP contribution in [-0.4, -0.2) is 12.6 Å². The Balaban J connectivity index is 2.40. The van der Waals surface area contributed by atoms with Gasteiger partial charge in [-0.05, 0) is 31.9 Å². The number of ether oxygens (including phenoxy) is 1. The van der Waals surface area contributed by atoms with Gasteiger partial charge in [-0.25, -0.2) is 0 Å². The predicted molar refractivity (Wildman–Crippen MR) is 70.6 cm³/mol.